The van der Waals surface area contributed by atoms with Crippen molar-refractivity contribution in [3.8, 4) is 16.9 Å². The van der Waals surface area contributed by atoms with Crippen molar-refractivity contribution in [3.05, 3.63) is 95.4 Å². The van der Waals surface area contributed by atoms with E-state index in [0.717, 1.165) is 45.2 Å². The molecule has 0 radical (unpaired) electrons. The maximum atomic E-state index is 12.8. The maximum Gasteiger partial charge on any atom is 0.244 e. The van der Waals surface area contributed by atoms with Crippen LogP contribution in [-0.2, 0) is 11.2 Å². The average molecular weight is 493 g/mol. The fourth-order valence-corrected chi connectivity index (χ4v) is 4.95. The molecule has 0 saturated heterocycles. The van der Waals surface area contributed by atoms with Crippen molar-refractivity contribution in [1.29, 1.82) is 0 Å². The second-order valence-electron chi connectivity index (χ2n) is 9.47. The molecule has 0 aliphatic heterocycles. The number of carbonyl (C=O) groups is 1. The number of H-pyrrole nitrogens is 1. The summed E-state index contributed by atoms with van der Waals surface area (Å²) in [5.41, 5.74) is 9.37. The Morgan fingerprint density at radius 2 is 1.89 bits per heavy atom. The highest BCUT2D eigenvalue weighted by Crippen LogP contribution is 2.38. The van der Waals surface area contributed by atoms with Crippen molar-refractivity contribution < 1.29 is 13.9 Å². The first-order chi connectivity index (χ1) is 17.9. The first kappa shape index (κ1) is 24.4. The van der Waals surface area contributed by atoms with Crippen LogP contribution in [0.15, 0.2) is 77.6 Å². The van der Waals surface area contributed by atoms with Gasteiger partial charge in [-0.1, -0.05) is 42.0 Å². The highest BCUT2D eigenvalue weighted by atomic mass is 16.5. The van der Waals surface area contributed by atoms with Gasteiger partial charge >= 0.3 is 0 Å². The molecule has 5 aromatic rings. The third kappa shape index (κ3) is 5.03. The van der Waals surface area contributed by atoms with Crippen LogP contribution in [0.1, 0.15) is 36.1 Å². The molecule has 3 aromatic carbocycles. The van der Waals surface area contributed by atoms with E-state index in [1.807, 2.05) is 38.2 Å². The van der Waals surface area contributed by atoms with Gasteiger partial charge in [-0.3, -0.25) is 4.79 Å². The molecule has 188 valence electrons. The van der Waals surface area contributed by atoms with Crippen molar-refractivity contribution in [3.63, 3.8) is 0 Å². The van der Waals surface area contributed by atoms with Gasteiger partial charge in [0.2, 0.25) is 5.91 Å². The van der Waals surface area contributed by atoms with Gasteiger partial charge in [-0.15, -0.1) is 0 Å². The molecule has 5 heteroatoms. The Morgan fingerprint density at radius 3 is 2.70 bits per heavy atom. The summed E-state index contributed by atoms with van der Waals surface area (Å²) in [6.07, 6.45) is 6.22. The number of aryl methyl sites for hydroxylation is 2. The highest BCUT2D eigenvalue weighted by Gasteiger charge is 2.16. The number of aromatic nitrogens is 1. The average Bonchev–Trinajstić information content (AvgIpc) is 3.48. The predicted molar refractivity (Wildman–Crippen MR) is 151 cm³/mol. The van der Waals surface area contributed by atoms with Crippen LogP contribution in [0.5, 0.6) is 5.75 Å². The topological polar surface area (TPSA) is 67.3 Å². The first-order valence-electron chi connectivity index (χ1n) is 12.7. The fraction of sp³-hybridized carbons (Fsp3) is 0.219. The molecule has 0 aliphatic carbocycles. The van der Waals surface area contributed by atoms with Gasteiger partial charge in [0, 0.05) is 52.3 Å². The number of amides is 1. The molecule has 2 aromatic heterocycles. The Hall–Kier alpha value is -4.25. The van der Waals surface area contributed by atoms with Crippen LogP contribution < -0.4 is 10.1 Å². The number of aromatic amines is 1. The molecule has 2 N–H and O–H groups in total. The standard InChI is InChI=1S/C32H32N2O3/c1-5-36-30-17-31-27(28(19-37-31)24-11-10-20(2)14-21(24)3)16-26(30)22(4)15-32(35)33-13-12-23-18-34-29-9-7-6-8-25(23)29/h6-11,14-19,34H,5,12-13H2,1-4H3,(H,33,35)/b22-15+. The minimum Gasteiger partial charge on any atom is -0.493 e. The molecule has 0 aliphatic rings. The van der Waals surface area contributed by atoms with Crippen molar-refractivity contribution >= 4 is 33.4 Å². The molecule has 1 amide bonds. The van der Waals surface area contributed by atoms with Crippen LogP contribution in [0.4, 0.5) is 0 Å². The Labute approximate surface area is 217 Å². The number of nitrogens with one attached hydrogen (secondary N) is 2. The molecule has 5 nitrogen and oxygen atoms in total. The fourth-order valence-electron chi connectivity index (χ4n) is 4.95. The summed E-state index contributed by atoms with van der Waals surface area (Å²) in [7, 11) is 0. The number of hydrogen-bond acceptors (Lipinski definition) is 3. The van der Waals surface area contributed by atoms with Crippen molar-refractivity contribution in [2.24, 2.45) is 0 Å². The van der Waals surface area contributed by atoms with Gasteiger partial charge in [-0.25, -0.2) is 0 Å². The molecule has 0 spiro atoms. The van der Waals surface area contributed by atoms with E-state index in [-0.39, 0.29) is 5.91 Å². The Kier molecular flexibility index (Phi) is 6.87. The van der Waals surface area contributed by atoms with Crippen molar-refractivity contribution in [2.75, 3.05) is 13.2 Å². The van der Waals surface area contributed by atoms with Crippen LogP contribution in [0.25, 0.3) is 38.6 Å². The van der Waals surface area contributed by atoms with Gasteiger partial charge in [0.25, 0.3) is 0 Å². The van der Waals surface area contributed by atoms with E-state index in [1.165, 1.54) is 22.1 Å². The quantitative estimate of drug-likeness (QED) is 0.222. The predicted octanol–water partition coefficient (Wildman–Crippen LogP) is 7.36. The molecule has 0 unspecified atom stereocenters. The van der Waals surface area contributed by atoms with E-state index in [0.29, 0.717) is 18.9 Å². The lowest BCUT2D eigenvalue weighted by Crippen LogP contribution is -2.23. The number of fused-ring (bicyclic) bond motifs is 2. The van der Waals surface area contributed by atoms with E-state index in [2.05, 4.69) is 60.5 Å². The van der Waals surface area contributed by atoms with Crippen LogP contribution in [-0.4, -0.2) is 24.0 Å². The molecule has 2 heterocycles. The number of para-hydroxylation sites is 1. The number of allylic oxidation sites excluding steroid dienone is 1. The minimum absolute atomic E-state index is 0.123. The van der Waals surface area contributed by atoms with Crippen LogP contribution in [0, 0.1) is 13.8 Å². The van der Waals surface area contributed by atoms with Crippen LogP contribution >= 0.6 is 0 Å². The van der Waals surface area contributed by atoms with Crippen molar-refractivity contribution in [1.82, 2.24) is 10.3 Å². The lowest BCUT2D eigenvalue weighted by molar-refractivity contribution is -0.116. The Bertz CT molecular complexity index is 1620. The zero-order chi connectivity index (χ0) is 25.9. The van der Waals surface area contributed by atoms with E-state index in [1.54, 1.807) is 12.3 Å². The van der Waals surface area contributed by atoms with Crippen LogP contribution in [0.3, 0.4) is 0 Å². The van der Waals surface area contributed by atoms with Gasteiger partial charge in [-0.2, -0.15) is 0 Å². The second kappa shape index (κ2) is 10.4. The molecular weight excluding hydrogens is 460 g/mol. The molecule has 37 heavy (non-hydrogen) atoms. The molecular formula is C32H32N2O3. The third-order valence-corrected chi connectivity index (χ3v) is 6.79. The van der Waals surface area contributed by atoms with E-state index < -0.39 is 0 Å². The molecule has 0 fully saturated rings. The number of furan rings is 1. The number of rotatable bonds is 8. The van der Waals surface area contributed by atoms with Crippen LogP contribution in [0.2, 0.25) is 0 Å². The largest absolute Gasteiger partial charge is 0.493 e. The van der Waals surface area contributed by atoms with Gasteiger partial charge < -0.3 is 19.5 Å². The second-order valence-corrected chi connectivity index (χ2v) is 9.47. The summed E-state index contributed by atoms with van der Waals surface area (Å²) in [6.45, 7) is 9.18. The number of carbonyl (C=O) groups excluding carboxylic acids is 1. The molecule has 0 bridgehead atoms. The number of hydrogen-bond donors (Lipinski definition) is 2. The summed E-state index contributed by atoms with van der Waals surface area (Å²) in [5, 5.41) is 5.22. The molecule has 0 saturated carbocycles. The monoisotopic (exact) mass is 492 g/mol. The summed E-state index contributed by atoms with van der Waals surface area (Å²) in [6, 6.07) is 18.6. The number of benzene rings is 3. The van der Waals surface area contributed by atoms with E-state index in [9.17, 15) is 4.79 Å². The summed E-state index contributed by atoms with van der Waals surface area (Å²) in [4.78, 5) is 16.1. The van der Waals surface area contributed by atoms with Gasteiger partial charge in [-0.05, 0) is 68.5 Å². The zero-order valence-electron chi connectivity index (χ0n) is 21.8. The summed E-state index contributed by atoms with van der Waals surface area (Å²) < 4.78 is 11.9. The molecule has 5 rings (SSSR count). The van der Waals surface area contributed by atoms with Crippen molar-refractivity contribution in [2.45, 2.75) is 34.1 Å². The van der Waals surface area contributed by atoms with E-state index >= 15 is 0 Å². The van der Waals surface area contributed by atoms with Gasteiger partial charge in [0.05, 0.1) is 12.9 Å². The number of ether oxygens (including phenoxy) is 1. The third-order valence-electron chi connectivity index (χ3n) is 6.79. The normalized spacial score (nSPS) is 11.8. The van der Waals surface area contributed by atoms with E-state index in [4.69, 9.17) is 9.15 Å². The Morgan fingerprint density at radius 1 is 1.05 bits per heavy atom. The van der Waals surface area contributed by atoms with Gasteiger partial charge in [0.15, 0.2) is 0 Å². The Balaban J connectivity index is 1.39. The first-order valence-corrected chi connectivity index (χ1v) is 12.7. The SMILES string of the molecule is CCOc1cc2occ(-c3ccc(C)cc3C)c2cc1/C(C)=C/C(=O)NCCc1c[nH]c2ccccc12. The highest BCUT2D eigenvalue weighted by molar-refractivity contribution is 6.00. The maximum absolute atomic E-state index is 12.8. The lowest BCUT2D eigenvalue weighted by atomic mass is 9.96. The molecule has 0 atom stereocenters. The van der Waals surface area contributed by atoms with Gasteiger partial charge in [0.1, 0.15) is 11.3 Å². The smallest absolute Gasteiger partial charge is 0.244 e. The lowest BCUT2D eigenvalue weighted by Gasteiger charge is -2.12. The summed E-state index contributed by atoms with van der Waals surface area (Å²) in [5.74, 6) is 0.582. The minimum atomic E-state index is -0.123. The zero-order valence-corrected chi connectivity index (χ0v) is 21.8. The summed E-state index contributed by atoms with van der Waals surface area (Å²) >= 11 is 0.